The Morgan fingerprint density at radius 1 is 1.33 bits per heavy atom. The van der Waals surface area contributed by atoms with E-state index < -0.39 is 5.97 Å². The largest absolute Gasteiger partial charge is 0.478 e. The number of hydrogen-bond donors (Lipinski definition) is 2. The minimum Gasteiger partial charge on any atom is -0.478 e. The molecule has 110 valence electrons. The number of rotatable bonds is 4. The summed E-state index contributed by atoms with van der Waals surface area (Å²) in [5.74, 6) is -1.25. The molecule has 0 aliphatic heterocycles. The molecule has 7 heteroatoms. The first-order valence-electron chi connectivity index (χ1n) is 6.14. The summed E-state index contributed by atoms with van der Waals surface area (Å²) in [7, 11) is 0. The van der Waals surface area contributed by atoms with Crippen molar-refractivity contribution >= 4 is 39.2 Å². The number of amides is 1. The van der Waals surface area contributed by atoms with Crippen LogP contribution in [-0.4, -0.2) is 23.5 Å². The van der Waals surface area contributed by atoms with Crippen LogP contribution in [0.1, 0.15) is 27.8 Å². The fourth-order valence-corrected chi connectivity index (χ4v) is 2.23. The zero-order valence-corrected chi connectivity index (χ0v) is 12.8. The van der Waals surface area contributed by atoms with Gasteiger partial charge in [-0.15, -0.1) is 0 Å². The number of halogens is 1. The van der Waals surface area contributed by atoms with Crippen LogP contribution in [0.4, 0.5) is 11.4 Å². The van der Waals surface area contributed by atoms with E-state index in [0.29, 0.717) is 16.9 Å². The van der Waals surface area contributed by atoms with Crippen LogP contribution in [0, 0.1) is 0 Å². The number of carbonyl (C=O) groups excluding carboxylic acids is 1. The summed E-state index contributed by atoms with van der Waals surface area (Å²) < 4.78 is 5.70. The number of nitrogens with zero attached hydrogens (tertiary/aromatic N) is 1. The van der Waals surface area contributed by atoms with E-state index in [4.69, 9.17) is 15.3 Å². The molecule has 0 spiro atoms. The molecule has 0 aliphatic rings. The Labute approximate surface area is 129 Å². The fourth-order valence-electron chi connectivity index (χ4n) is 1.92. The van der Waals surface area contributed by atoms with Gasteiger partial charge in [-0.1, -0.05) is 0 Å². The van der Waals surface area contributed by atoms with Gasteiger partial charge in [-0.05, 0) is 53.2 Å². The average Bonchev–Trinajstić information content (AvgIpc) is 2.87. The van der Waals surface area contributed by atoms with Crippen LogP contribution in [0.15, 0.2) is 39.4 Å². The monoisotopic (exact) mass is 352 g/mol. The van der Waals surface area contributed by atoms with Crippen LogP contribution in [0.5, 0.6) is 0 Å². The predicted octanol–water partition coefficient (Wildman–Crippen LogP) is 2.99. The van der Waals surface area contributed by atoms with Gasteiger partial charge in [0.25, 0.3) is 5.91 Å². The molecule has 0 aliphatic carbocycles. The average molecular weight is 353 g/mol. The Balaban J connectivity index is 2.37. The van der Waals surface area contributed by atoms with Crippen LogP contribution in [0.3, 0.4) is 0 Å². The standard InChI is InChI=1S/C14H13BrN2O4/c1-2-17(13(18)11-5-6-12(15)21-11)10-4-3-8(14(19)20)7-9(10)16/h3-7H,2,16H2,1H3,(H,19,20). The van der Waals surface area contributed by atoms with Gasteiger partial charge in [0.15, 0.2) is 10.4 Å². The lowest BCUT2D eigenvalue weighted by atomic mass is 10.1. The van der Waals surface area contributed by atoms with E-state index in [9.17, 15) is 9.59 Å². The summed E-state index contributed by atoms with van der Waals surface area (Å²) in [6.07, 6.45) is 0. The molecule has 1 heterocycles. The molecule has 6 nitrogen and oxygen atoms in total. The van der Waals surface area contributed by atoms with E-state index in [1.54, 1.807) is 19.1 Å². The van der Waals surface area contributed by atoms with Crippen molar-refractivity contribution in [2.45, 2.75) is 6.92 Å². The zero-order valence-electron chi connectivity index (χ0n) is 11.2. The third-order valence-corrected chi connectivity index (χ3v) is 3.34. The number of carbonyl (C=O) groups is 2. The summed E-state index contributed by atoms with van der Waals surface area (Å²) in [6, 6.07) is 7.42. The van der Waals surface area contributed by atoms with Crippen molar-refractivity contribution in [2.24, 2.45) is 0 Å². The molecule has 0 fully saturated rings. The molecule has 0 saturated carbocycles. The number of nitrogens with two attached hydrogens (primary N) is 1. The minimum absolute atomic E-state index is 0.0699. The number of benzene rings is 1. The van der Waals surface area contributed by atoms with Gasteiger partial charge in [-0.3, -0.25) is 4.79 Å². The van der Waals surface area contributed by atoms with Crippen molar-refractivity contribution in [3.63, 3.8) is 0 Å². The van der Waals surface area contributed by atoms with Crippen molar-refractivity contribution in [1.29, 1.82) is 0 Å². The topological polar surface area (TPSA) is 96.8 Å². The number of furan rings is 1. The molecule has 21 heavy (non-hydrogen) atoms. The smallest absolute Gasteiger partial charge is 0.335 e. The Hall–Kier alpha value is -2.28. The number of carboxylic acids is 1. The summed E-state index contributed by atoms with van der Waals surface area (Å²) in [5, 5.41) is 8.93. The first kappa shape index (κ1) is 15.1. The van der Waals surface area contributed by atoms with Crippen molar-refractivity contribution in [3.05, 3.63) is 46.3 Å². The molecule has 0 unspecified atom stereocenters. The van der Waals surface area contributed by atoms with E-state index in [-0.39, 0.29) is 22.9 Å². The molecule has 2 rings (SSSR count). The normalized spacial score (nSPS) is 10.4. The molecular weight excluding hydrogens is 340 g/mol. The van der Waals surface area contributed by atoms with E-state index >= 15 is 0 Å². The zero-order chi connectivity index (χ0) is 15.6. The maximum absolute atomic E-state index is 12.4. The van der Waals surface area contributed by atoms with E-state index in [1.807, 2.05) is 0 Å². The Bertz CT molecular complexity index is 696. The molecule has 1 amide bonds. The first-order valence-corrected chi connectivity index (χ1v) is 6.93. The SMILES string of the molecule is CCN(C(=O)c1ccc(Br)o1)c1ccc(C(=O)O)cc1N. The van der Waals surface area contributed by atoms with E-state index in [1.165, 1.54) is 23.1 Å². The predicted molar refractivity (Wildman–Crippen MR) is 81.6 cm³/mol. The number of hydrogen-bond acceptors (Lipinski definition) is 4. The van der Waals surface area contributed by atoms with Gasteiger partial charge in [0.05, 0.1) is 16.9 Å². The summed E-state index contributed by atoms with van der Waals surface area (Å²) in [6.45, 7) is 2.16. The van der Waals surface area contributed by atoms with Crippen LogP contribution in [0.25, 0.3) is 0 Å². The van der Waals surface area contributed by atoms with Gasteiger partial charge in [0.1, 0.15) is 0 Å². The summed E-state index contributed by atoms with van der Waals surface area (Å²) >= 11 is 3.14. The Kier molecular flexibility index (Phi) is 4.32. The van der Waals surface area contributed by atoms with Crippen LogP contribution in [-0.2, 0) is 0 Å². The Morgan fingerprint density at radius 3 is 2.52 bits per heavy atom. The first-order chi connectivity index (χ1) is 9.93. The van der Waals surface area contributed by atoms with Gasteiger partial charge in [-0.2, -0.15) is 0 Å². The molecule has 2 aromatic rings. The maximum atomic E-state index is 12.4. The summed E-state index contributed by atoms with van der Waals surface area (Å²) in [4.78, 5) is 24.7. The summed E-state index contributed by atoms with van der Waals surface area (Å²) in [5.41, 5.74) is 6.59. The highest BCUT2D eigenvalue weighted by atomic mass is 79.9. The minimum atomic E-state index is -1.07. The molecule has 1 aromatic carbocycles. The molecule has 3 N–H and O–H groups in total. The van der Waals surface area contributed by atoms with Crippen molar-refractivity contribution in [1.82, 2.24) is 0 Å². The van der Waals surface area contributed by atoms with Gasteiger partial charge in [-0.25, -0.2) is 4.79 Å². The van der Waals surface area contributed by atoms with E-state index in [2.05, 4.69) is 15.9 Å². The van der Waals surface area contributed by atoms with Crippen molar-refractivity contribution < 1.29 is 19.1 Å². The number of nitrogen functional groups attached to an aromatic ring is 1. The number of carboxylic acid groups (broad SMARTS) is 1. The second kappa shape index (κ2) is 6.01. The highest BCUT2D eigenvalue weighted by molar-refractivity contribution is 9.10. The van der Waals surface area contributed by atoms with Crippen molar-refractivity contribution in [3.8, 4) is 0 Å². The van der Waals surface area contributed by atoms with Crippen LogP contribution < -0.4 is 10.6 Å². The lowest BCUT2D eigenvalue weighted by molar-refractivity contribution is 0.0697. The third kappa shape index (κ3) is 3.08. The lowest BCUT2D eigenvalue weighted by Gasteiger charge is -2.21. The van der Waals surface area contributed by atoms with Crippen LogP contribution >= 0.6 is 15.9 Å². The molecule has 0 atom stereocenters. The fraction of sp³-hybridized carbons (Fsp3) is 0.143. The third-order valence-electron chi connectivity index (χ3n) is 2.91. The van der Waals surface area contributed by atoms with E-state index in [0.717, 1.165) is 0 Å². The molecule has 1 aromatic heterocycles. The number of anilines is 2. The highest BCUT2D eigenvalue weighted by Gasteiger charge is 2.21. The molecule has 0 radical (unpaired) electrons. The van der Waals surface area contributed by atoms with Crippen LogP contribution in [0.2, 0.25) is 0 Å². The highest BCUT2D eigenvalue weighted by Crippen LogP contribution is 2.27. The molecular formula is C14H13BrN2O4. The Morgan fingerprint density at radius 2 is 2.05 bits per heavy atom. The van der Waals surface area contributed by atoms with Crippen molar-refractivity contribution in [2.75, 3.05) is 17.2 Å². The van der Waals surface area contributed by atoms with Gasteiger partial charge >= 0.3 is 5.97 Å². The number of aromatic carboxylic acids is 1. The second-order valence-corrected chi connectivity index (χ2v) is 5.01. The molecule has 0 bridgehead atoms. The molecule has 0 saturated heterocycles. The second-order valence-electron chi connectivity index (χ2n) is 4.23. The van der Waals surface area contributed by atoms with Gasteiger partial charge in [0, 0.05) is 6.54 Å². The lowest BCUT2D eigenvalue weighted by Crippen LogP contribution is -2.31. The maximum Gasteiger partial charge on any atom is 0.335 e. The quantitative estimate of drug-likeness (QED) is 0.824. The van der Waals surface area contributed by atoms with Gasteiger partial charge < -0.3 is 20.2 Å². The van der Waals surface area contributed by atoms with Gasteiger partial charge in [0.2, 0.25) is 0 Å².